The van der Waals surface area contributed by atoms with E-state index in [0.29, 0.717) is 23.9 Å². The zero-order valence-corrected chi connectivity index (χ0v) is 28.8. The smallest absolute Gasteiger partial charge is 0.204 e. The molecular formula is C35H70NO3P. The van der Waals surface area contributed by atoms with Gasteiger partial charge in [-0.15, -0.1) is 0 Å². The quantitative estimate of drug-likeness (QED) is 0.0353. The first-order valence-corrected chi connectivity index (χ1v) is 17.9. The molecule has 0 aromatic rings. The maximum Gasteiger partial charge on any atom is 0.204 e. The van der Waals surface area contributed by atoms with Gasteiger partial charge in [0.25, 0.3) is 0 Å². The summed E-state index contributed by atoms with van der Waals surface area (Å²) < 4.78 is 6.16. The molecule has 0 aromatic heterocycles. The molecule has 0 N–H and O–H groups in total. The molecule has 0 amide bonds. The van der Waals surface area contributed by atoms with Crippen molar-refractivity contribution in [3.8, 4) is 0 Å². The van der Waals surface area contributed by atoms with Crippen molar-refractivity contribution >= 4 is 21.0 Å². The molecule has 0 spiro atoms. The Balaban J connectivity index is 4.31. The Bertz CT molecular complexity index is 562. The molecule has 0 radical (unpaired) electrons. The standard InChI is InChI=1S/C35H70NO3P/c1-6-8-10-12-14-16-18-20-22-24-26-28-30-33(37)35(39-40,32-36(3,4)5)34(38)31-29-27-25-23-21-19-17-15-13-11-9-7-2/h40H,6-32H2,1-5H3. The van der Waals surface area contributed by atoms with Crippen LogP contribution in [0.1, 0.15) is 181 Å². The normalized spacial score (nSPS) is 12.2. The highest BCUT2D eigenvalue weighted by Crippen LogP contribution is 2.27. The first-order valence-electron chi connectivity index (χ1n) is 17.4. The van der Waals surface area contributed by atoms with Crippen molar-refractivity contribution in [2.75, 3.05) is 27.7 Å². The minimum atomic E-state index is -1.37. The predicted molar refractivity (Wildman–Crippen MR) is 176 cm³/mol. The second kappa shape index (κ2) is 26.3. The van der Waals surface area contributed by atoms with Crippen LogP contribution in [0, 0.1) is 0 Å². The number of likely N-dealkylation sites (N-methyl/N-ethyl adjacent to an activating group) is 1. The highest BCUT2D eigenvalue weighted by Gasteiger charge is 2.46. The summed E-state index contributed by atoms with van der Waals surface area (Å²) >= 11 is 0. The molecule has 0 atom stereocenters. The second-order valence-corrected chi connectivity index (χ2v) is 13.7. The average molecular weight is 584 g/mol. The largest absolute Gasteiger partial charge is 0.541 e. The molecule has 0 heterocycles. The van der Waals surface area contributed by atoms with Gasteiger partial charge in [-0.25, -0.2) is 0 Å². The van der Waals surface area contributed by atoms with Gasteiger partial charge >= 0.3 is 0 Å². The van der Waals surface area contributed by atoms with E-state index in [-0.39, 0.29) is 11.6 Å². The summed E-state index contributed by atoms with van der Waals surface area (Å²) in [5.41, 5.74) is -1.37. The highest BCUT2D eigenvalue weighted by molar-refractivity contribution is 7.10. The zero-order chi connectivity index (χ0) is 30.0. The van der Waals surface area contributed by atoms with E-state index >= 15 is 0 Å². The number of hydrogen-bond donors (Lipinski definition) is 0. The molecule has 0 aliphatic rings. The van der Waals surface area contributed by atoms with Crippen LogP contribution in [0.4, 0.5) is 0 Å². The third kappa shape index (κ3) is 21.4. The third-order valence-electron chi connectivity index (χ3n) is 8.29. The molecule has 5 heteroatoms. The summed E-state index contributed by atoms with van der Waals surface area (Å²) in [6, 6.07) is 0. The van der Waals surface area contributed by atoms with Crippen LogP contribution in [0.15, 0.2) is 0 Å². The fraction of sp³-hybridized carbons (Fsp3) is 0.943. The van der Waals surface area contributed by atoms with E-state index < -0.39 is 5.60 Å². The Kier molecular flexibility index (Phi) is 26.1. The van der Waals surface area contributed by atoms with Gasteiger partial charge in [0.05, 0.1) is 21.1 Å². The molecule has 0 saturated heterocycles. The number of unbranched alkanes of at least 4 members (excludes halogenated alkanes) is 22. The lowest BCUT2D eigenvalue weighted by atomic mass is 9.86. The van der Waals surface area contributed by atoms with Crippen LogP contribution < -0.4 is 0 Å². The summed E-state index contributed by atoms with van der Waals surface area (Å²) in [5, 5.41) is 0. The van der Waals surface area contributed by atoms with Crippen molar-refractivity contribution in [3.63, 3.8) is 0 Å². The van der Waals surface area contributed by atoms with Gasteiger partial charge in [0, 0.05) is 12.8 Å². The molecule has 0 rings (SSSR count). The Morgan fingerprint density at radius 2 is 0.750 bits per heavy atom. The molecule has 0 bridgehead atoms. The predicted octanol–water partition coefficient (Wildman–Crippen LogP) is 10.8. The molecule has 0 aliphatic carbocycles. The SMILES string of the molecule is CCCCCCCCCCCCCCC(=O)C(C[N+](C)(C)C)(O[PH-])C(=O)CCCCCCCCCCCCCC. The lowest BCUT2D eigenvalue weighted by molar-refractivity contribution is -0.873. The summed E-state index contributed by atoms with van der Waals surface area (Å²) in [7, 11) is 9.25. The van der Waals surface area contributed by atoms with Crippen molar-refractivity contribution < 1.29 is 18.6 Å². The van der Waals surface area contributed by atoms with Crippen LogP contribution in [-0.4, -0.2) is 49.3 Å². The van der Waals surface area contributed by atoms with E-state index in [2.05, 4.69) is 23.3 Å². The van der Waals surface area contributed by atoms with E-state index in [4.69, 9.17) is 4.52 Å². The molecule has 238 valence electrons. The maximum absolute atomic E-state index is 13.4. The minimum absolute atomic E-state index is 0.0495. The number of carbonyl (C=O) groups excluding carboxylic acids is 2. The first-order chi connectivity index (χ1) is 19.2. The lowest BCUT2D eigenvalue weighted by Crippen LogP contribution is -2.58. The van der Waals surface area contributed by atoms with E-state index in [0.717, 1.165) is 25.7 Å². The Morgan fingerprint density at radius 3 is 0.975 bits per heavy atom. The minimum Gasteiger partial charge on any atom is -0.541 e. The second-order valence-electron chi connectivity index (χ2n) is 13.5. The van der Waals surface area contributed by atoms with Crippen molar-refractivity contribution in [2.45, 2.75) is 186 Å². The molecule has 0 fully saturated rings. The van der Waals surface area contributed by atoms with Crippen molar-refractivity contribution in [2.24, 2.45) is 0 Å². The zero-order valence-electron chi connectivity index (χ0n) is 27.8. The number of nitrogens with zero attached hydrogens (tertiary/aromatic N) is 1. The molecule has 0 aliphatic heterocycles. The van der Waals surface area contributed by atoms with Crippen LogP contribution >= 0.6 is 9.47 Å². The van der Waals surface area contributed by atoms with Crippen molar-refractivity contribution in [3.05, 3.63) is 0 Å². The average Bonchev–Trinajstić information content (AvgIpc) is 2.92. The van der Waals surface area contributed by atoms with Gasteiger partial charge in [0.1, 0.15) is 6.54 Å². The number of ketones is 2. The molecule has 0 saturated carbocycles. The summed E-state index contributed by atoms with van der Waals surface area (Å²) in [6.45, 7) is 4.90. The van der Waals surface area contributed by atoms with E-state index in [9.17, 15) is 9.59 Å². The summed E-state index contributed by atoms with van der Waals surface area (Å²) in [5.74, 6) is -0.0990. The van der Waals surface area contributed by atoms with Crippen LogP contribution in [0.2, 0.25) is 0 Å². The molecular weight excluding hydrogens is 513 g/mol. The number of quaternary nitrogens is 1. The topological polar surface area (TPSA) is 43.4 Å². The molecule has 4 nitrogen and oxygen atoms in total. The highest BCUT2D eigenvalue weighted by atomic mass is 31.0. The van der Waals surface area contributed by atoms with Gasteiger partial charge in [0.15, 0.2) is 11.6 Å². The summed E-state index contributed by atoms with van der Waals surface area (Å²) in [6.07, 6.45) is 31.2. The van der Waals surface area contributed by atoms with Gasteiger partial charge in [-0.3, -0.25) is 9.59 Å². The molecule has 0 aromatic carbocycles. The van der Waals surface area contributed by atoms with Crippen LogP contribution in [0.25, 0.3) is 0 Å². The van der Waals surface area contributed by atoms with Gasteiger partial charge in [0.2, 0.25) is 5.60 Å². The fourth-order valence-electron chi connectivity index (χ4n) is 5.80. The maximum atomic E-state index is 13.4. The van der Waals surface area contributed by atoms with Crippen molar-refractivity contribution in [1.29, 1.82) is 0 Å². The van der Waals surface area contributed by atoms with E-state index in [1.165, 1.54) is 128 Å². The third-order valence-corrected chi connectivity index (χ3v) is 8.64. The van der Waals surface area contributed by atoms with Crippen LogP contribution in [0.3, 0.4) is 0 Å². The van der Waals surface area contributed by atoms with Gasteiger partial charge < -0.3 is 18.5 Å². The van der Waals surface area contributed by atoms with Crippen molar-refractivity contribution in [1.82, 2.24) is 0 Å². The Morgan fingerprint density at radius 1 is 0.500 bits per heavy atom. The number of carbonyl (C=O) groups is 2. The number of Topliss-reactive ketones (excluding diaryl/α,β-unsaturated/α-hetero) is 2. The fourth-order valence-corrected chi connectivity index (χ4v) is 6.10. The molecule has 40 heavy (non-hydrogen) atoms. The number of hydrogen-bond acceptors (Lipinski definition) is 3. The molecule has 0 unspecified atom stereocenters. The monoisotopic (exact) mass is 584 g/mol. The first kappa shape index (κ1) is 39.7. The van der Waals surface area contributed by atoms with Gasteiger partial charge in [-0.05, 0) is 12.8 Å². The lowest BCUT2D eigenvalue weighted by Gasteiger charge is -2.39. The van der Waals surface area contributed by atoms with Gasteiger partial charge in [-0.1, -0.05) is 155 Å². The Labute approximate surface area is 253 Å². The van der Waals surface area contributed by atoms with E-state index in [1.54, 1.807) is 0 Å². The van der Waals surface area contributed by atoms with Gasteiger partial charge in [-0.2, -0.15) is 0 Å². The van der Waals surface area contributed by atoms with Crippen LogP contribution in [0.5, 0.6) is 0 Å². The number of rotatable bonds is 31. The van der Waals surface area contributed by atoms with Crippen LogP contribution in [-0.2, 0) is 14.1 Å². The van der Waals surface area contributed by atoms with E-state index in [1.807, 2.05) is 21.1 Å². The Hall–Kier alpha value is -0.310. The summed E-state index contributed by atoms with van der Waals surface area (Å²) in [4.78, 5) is 26.9.